The van der Waals surface area contributed by atoms with Crippen molar-refractivity contribution in [3.05, 3.63) is 28.5 Å². The van der Waals surface area contributed by atoms with Crippen molar-refractivity contribution >= 4 is 21.8 Å². The maximum Gasteiger partial charge on any atom is 0.260 e. The van der Waals surface area contributed by atoms with Crippen LogP contribution >= 0.6 is 15.9 Å². The molecule has 0 fully saturated rings. The number of amides is 1. The molecule has 88 valence electrons. The zero-order valence-corrected chi connectivity index (χ0v) is 10.8. The number of benzene rings is 1. The number of halogens is 2. The van der Waals surface area contributed by atoms with E-state index in [4.69, 9.17) is 4.74 Å². The van der Waals surface area contributed by atoms with Crippen LogP contribution in [0.1, 0.15) is 6.92 Å². The molecule has 0 atom stereocenters. The smallest absolute Gasteiger partial charge is 0.260 e. The molecule has 1 amide bonds. The van der Waals surface area contributed by atoms with Gasteiger partial charge in [0, 0.05) is 19.7 Å². The lowest BCUT2D eigenvalue weighted by molar-refractivity contribution is -0.131. The summed E-state index contributed by atoms with van der Waals surface area (Å²) in [7, 11) is 1.69. The molecule has 3 nitrogen and oxygen atoms in total. The Morgan fingerprint density at radius 3 is 2.81 bits per heavy atom. The monoisotopic (exact) mass is 289 g/mol. The van der Waals surface area contributed by atoms with E-state index in [1.54, 1.807) is 19.2 Å². The number of carbonyl (C=O) groups excluding carboxylic acids is 1. The van der Waals surface area contributed by atoms with E-state index in [-0.39, 0.29) is 12.5 Å². The van der Waals surface area contributed by atoms with E-state index in [9.17, 15) is 9.18 Å². The molecule has 1 rings (SSSR count). The van der Waals surface area contributed by atoms with Gasteiger partial charge in [-0.25, -0.2) is 4.39 Å². The first-order chi connectivity index (χ1) is 7.54. The first-order valence-corrected chi connectivity index (χ1v) is 5.65. The van der Waals surface area contributed by atoms with Crippen LogP contribution in [0.25, 0.3) is 0 Å². The minimum Gasteiger partial charge on any atom is -0.484 e. The molecule has 0 saturated carbocycles. The van der Waals surface area contributed by atoms with Crippen LogP contribution in [-0.2, 0) is 4.79 Å². The second-order valence-corrected chi connectivity index (χ2v) is 4.13. The van der Waals surface area contributed by atoms with Gasteiger partial charge in [0.2, 0.25) is 0 Å². The van der Waals surface area contributed by atoms with Gasteiger partial charge in [-0.2, -0.15) is 0 Å². The summed E-state index contributed by atoms with van der Waals surface area (Å²) in [5.41, 5.74) is 0. The first-order valence-electron chi connectivity index (χ1n) is 4.86. The van der Waals surface area contributed by atoms with Gasteiger partial charge in [0.25, 0.3) is 5.91 Å². The molecule has 0 aliphatic carbocycles. The van der Waals surface area contributed by atoms with E-state index in [0.29, 0.717) is 16.8 Å². The second kappa shape index (κ2) is 5.84. The van der Waals surface area contributed by atoms with Crippen LogP contribution in [0.3, 0.4) is 0 Å². The van der Waals surface area contributed by atoms with E-state index in [0.717, 1.165) is 0 Å². The van der Waals surface area contributed by atoms with Crippen molar-refractivity contribution < 1.29 is 13.9 Å². The van der Waals surface area contributed by atoms with Gasteiger partial charge in [-0.05, 0) is 35.0 Å². The van der Waals surface area contributed by atoms with E-state index in [2.05, 4.69) is 15.9 Å². The molecule has 0 radical (unpaired) electrons. The summed E-state index contributed by atoms with van der Waals surface area (Å²) in [6.45, 7) is 2.42. The Balaban J connectivity index is 2.55. The molecule has 0 aliphatic heterocycles. The van der Waals surface area contributed by atoms with Crippen molar-refractivity contribution in [2.24, 2.45) is 0 Å². The number of likely N-dealkylation sites (N-methyl/N-ethyl adjacent to an activating group) is 1. The molecule has 0 bridgehead atoms. The fourth-order valence-electron chi connectivity index (χ4n) is 0.998. The van der Waals surface area contributed by atoms with Crippen LogP contribution in [0.2, 0.25) is 0 Å². The lowest BCUT2D eigenvalue weighted by atomic mass is 10.3. The Morgan fingerprint density at radius 2 is 2.25 bits per heavy atom. The molecule has 0 aromatic heterocycles. The maximum absolute atomic E-state index is 13.1. The minimum absolute atomic E-state index is 0.0780. The predicted molar refractivity (Wildman–Crippen MR) is 62.9 cm³/mol. The van der Waals surface area contributed by atoms with E-state index in [1.807, 2.05) is 6.92 Å². The van der Waals surface area contributed by atoms with Crippen molar-refractivity contribution in [1.82, 2.24) is 4.90 Å². The summed E-state index contributed by atoms with van der Waals surface area (Å²) < 4.78 is 18.7. The highest BCUT2D eigenvalue weighted by Gasteiger charge is 2.08. The Morgan fingerprint density at radius 1 is 1.56 bits per heavy atom. The molecule has 5 heteroatoms. The quantitative estimate of drug-likeness (QED) is 0.852. The molecule has 0 heterocycles. The molecule has 16 heavy (non-hydrogen) atoms. The third kappa shape index (κ3) is 3.48. The van der Waals surface area contributed by atoms with Gasteiger partial charge in [0.05, 0.1) is 4.47 Å². The van der Waals surface area contributed by atoms with Gasteiger partial charge in [0.15, 0.2) is 6.61 Å². The van der Waals surface area contributed by atoms with E-state index in [1.165, 1.54) is 11.0 Å². The average molecular weight is 290 g/mol. The summed E-state index contributed by atoms with van der Waals surface area (Å²) in [4.78, 5) is 12.9. The standard InChI is InChI=1S/C11H13BrFNO2/c1-3-14(2)11(15)7-16-8-4-5-9(12)10(13)6-8/h4-6H,3,7H2,1-2H3. The molecule has 0 saturated heterocycles. The number of nitrogens with zero attached hydrogens (tertiary/aromatic N) is 1. The van der Waals surface area contributed by atoms with Crippen molar-refractivity contribution in [3.8, 4) is 5.75 Å². The first kappa shape index (κ1) is 13.0. The molecule has 0 unspecified atom stereocenters. The highest BCUT2D eigenvalue weighted by molar-refractivity contribution is 9.10. The number of hydrogen-bond donors (Lipinski definition) is 0. The molecule has 0 N–H and O–H groups in total. The summed E-state index contributed by atoms with van der Waals surface area (Å²) >= 11 is 3.04. The zero-order chi connectivity index (χ0) is 12.1. The van der Waals surface area contributed by atoms with Crippen molar-refractivity contribution in [2.45, 2.75) is 6.92 Å². The van der Waals surface area contributed by atoms with Crippen LogP contribution in [0, 0.1) is 5.82 Å². The topological polar surface area (TPSA) is 29.5 Å². The normalized spacial score (nSPS) is 10.0. The highest BCUT2D eigenvalue weighted by Crippen LogP contribution is 2.20. The Labute approximate surface area is 102 Å². The lowest BCUT2D eigenvalue weighted by Gasteiger charge is -2.14. The highest BCUT2D eigenvalue weighted by atomic mass is 79.9. The average Bonchev–Trinajstić information content (AvgIpc) is 2.29. The van der Waals surface area contributed by atoms with E-state index < -0.39 is 5.82 Å². The second-order valence-electron chi connectivity index (χ2n) is 3.27. The largest absolute Gasteiger partial charge is 0.484 e. The Bertz CT molecular complexity index is 384. The molecule has 1 aromatic carbocycles. The number of carbonyl (C=O) groups is 1. The van der Waals surface area contributed by atoms with Crippen LogP contribution in [-0.4, -0.2) is 31.0 Å². The predicted octanol–water partition coefficient (Wildman–Crippen LogP) is 2.45. The molecule has 0 aliphatic rings. The Kier molecular flexibility index (Phi) is 4.73. The van der Waals surface area contributed by atoms with Crippen LogP contribution in [0.15, 0.2) is 22.7 Å². The summed E-state index contributed by atoms with van der Waals surface area (Å²) in [5, 5.41) is 0. The van der Waals surface area contributed by atoms with Crippen molar-refractivity contribution in [3.63, 3.8) is 0 Å². The van der Waals surface area contributed by atoms with Gasteiger partial charge in [-0.3, -0.25) is 4.79 Å². The third-order valence-corrected chi connectivity index (χ3v) is 2.80. The van der Waals surface area contributed by atoms with Gasteiger partial charge >= 0.3 is 0 Å². The fourth-order valence-corrected chi connectivity index (χ4v) is 1.24. The fraction of sp³-hybridized carbons (Fsp3) is 0.364. The van der Waals surface area contributed by atoms with Gasteiger partial charge in [-0.1, -0.05) is 0 Å². The van der Waals surface area contributed by atoms with Gasteiger partial charge in [-0.15, -0.1) is 0 Å². The van der Waals surface area contributed by atoms with Crippen LogP contribution in [0.4, 0.5) is 4.39 Å². The SMILES string of the molecule is CCN(C)C(=O)COc1ccc(Br)c(F)c1. The van der Waals surface area contributed by atoms with Crippen LogP contribution in [0.5, 0.6) is 5.75 Å². The molecular weight excluding hydrogens is 277 g/mol. The molecule has 1 aromatic rings. The summed E-state index contributed by atoms with van der Waals surface area (Å²) in [6, 6.07) is 4.38. The Hall–Kier alpha value is -1.10. The number of rotatable bonds is 4. The maximum atomic E-state index is 13.1. The van der Waals surface area contributed by atoms with Crippen molar-refractivity contribution in [2.75, 3.05) is 20.2 Å². The minimum atomic E-state index is -0.409. The molecular formula is C11H13BrFNO2. The zero-order valence-electron chi connectivity index (χ0n) is 9.17. The van der Waals surface area contributed by atoms with Gasteiger partial charge < -0.3 is 9.64 Å². The lowest BCUT2D eigenvalue weighted by Crippen LogP contribution is -2.31. The summed E-state index contributed by atoms with van der Waals surface area (Å²) in [6.07, 6.45) is 0. The third-order valence-electron chi connectivity index (χ3n) is 2.15. The van der Waals surface area contributed by atoms with Crippen LogP contribution < -0.4 is 4.74 Å². The molecule has 0 spiro atoms. The summed E-state index contributed by atoms with van der Waals surface area (Å²) in [5.74, 6) is -0.196. The van der Waals surface area contributed by atoms with Gasteiger partial charge in [0.1, 0.15) is 11.6 Å². The van der Waals surface area contributed by atoms with E-state index >= 15 is 0 Å². The van der Waals surface area contributed by atoms with Crippen molar-refractivity contribution in [1.29, 1.82) is 0 Å². The number of hydrogen-bond acceptors (Lipinski definition) is 2. The number of ether oxygens (including phenoxy) is 1.